The molecule has 5 rings (SSSR count). The van der Waals surface area contributed by atoms with Crippen LogP contribution in [-0.2, 0) is 11.2 Å². The zero-order valence-corrected chi connectivity index (χ0v) is 19.6. The molecule has 2 fully saturated rings. The first-order chi connectivity index (χ1) is 15.8. The van der Waals surface area contributed by atoms with Crippen LogP contribution in [0.3, 0.4) is 0 Å². The molecule has 2 amide bonds. The van der Waals surface area contributed by atoms with Gasteiger partial charge < -0.3 is 19.9 Å². The number of carbonyl (C=O) groups excluding carboxylic acids is 2. The Hall–Kier alpha value is -3.09. The molecule has 2 saturated heterocycles. The molecule has 1 aromatic heterocycles. The Morgan fingerprint density at radius 1 is 1.06 bits per heavy atom. The van der Waals surface area contributed by atoms with Crippen molar-refractivity contribution in [2.75, 3.05) is 31.1 Å². The second-order valence-electron chi connectivity index (χ2n) is 10.5. The maximum atomic E-state index is 13.0. The van der Waals surface area contributed by atoms with Crippen molar-refractivity contribution in [2.24, 2.45) is 11.8 Å². The lowest BCUT2D eigenvalue weighted by Crippen LogP contribution is -2.37. The Morgan fingerprint density at radius 3 is 2.52 bits per heavy atom. The number of nitrogens with zero attached hydrogens (tertiary/aromatic N) is 3. The van der Waals surface area contributed by atoms with E-state index in [9.17, 15) is 9.59 Å². The Labute approximate surface area is 195 Å². The monoisotopic (exact) mass is 448 g/mol. The van der Waals surface area contributed by atoms with Crippen LogP contribution in [0.5, 0.6) is 0 Å². The third kappa shape index (κ3) is 4.54. The number of fused-ring (bicyclic) bond motifs is 2. The maximum Gasteiger partial charge on any atom is 0.410 e. The van der Waals surface area contributed by atoms with E-state index in [0.29, 0.717) is 30.5 Å². The van der Waals surface area contributed by atoms with E-state index in [1.165, 1.54) is 11.1 Å². The first kappa shape index (κ1) is 21.7. The average Bonchev–Trinajstić information content (AvgIpc) is 3.46. The van der Waals surface area contributed by atoms with Crippen LogP contribution in [0.4, 0.5) is 10.5 Å². The highest BCUT2D eigenvalue weighted by Crippen LogP contribution is 2.35. The van der Waals surface area contributed by atoms with Gasteiger partial charge in [-0.1, -0.05) is 24.3 Å². The molecule has 33 heavy (non-hydrogen) atoms. The molecule has 2 aromatic rings. The van der Waals surface area contributed by atoms with E-state index in [0.717, 1.165) is 31.6 Å². The highest BCUT2D eigenvalue weighted by molar-refractivity contribution is 5.95. The molecule has 0 bridgehead atoms. The normalized spacial score (nSPS) is 23.9. The van der Waals surface area contributed by atoms with Crippen LogP contribution in [0.15, 0.2) is 42.7 Å². The summed E-state index contributed by atoms with van der Waals surface area (Å²) in [6.07, 6.45) is 5.17. The molecule has 1 N–H and O–H groups in total. The second-order valence-corrected chi connectivity index (χ2v) is 10.5. The minimum absolute atomic E-state index is 0.0577. The number of hydrogen-bond acceptors (Lipinski definition) is 5. The molecule has 0 spiro atoms. The lowest BCUT2D eigenvalue weighted by molar-refractivity contribution is 0.0282. The van der Waals surface area contributed by atoms with Crippen LogP contribution in [0.25, 0.3) is 0 Å². The molecule has 3 aliphatic rings. The van der Waals surface area contributed by atoms with Gasteiger partial charge in [-0.15, -0.1) is 0 Å². The number of rotatable bonds is 3. The summed E-state index contributed by atoms with van der Waals surface area (Å²) in [6, 6.07) is 10.3. The van der Waals surface area contributed by atoms with Crippen LogP contribution >= 0.6 is 0 Å². The van der Waals surface area contributed by atoms with Crippen molar-refractivity contribution in [2.45, 2.75) is 45.3 Å². The zero-order valence-electron chi connectivity index (χ0n) is 19.6. The fourth-order valence-corrected chi connectivity index (χ4v) is 5.35. The smallest absolute Gasteiger partial charge is 0.410 e. The summed E-state index contributed by atoms with van der Waals surface area (Å²) in [5.41, 5.74) is 3.61. The third-order valence-corrected chi connectivity index (χ3v) is 6.93. The quantitative estimate of drug-likeness (QED) is 0.773. The number of nitrogens with one attached hydrogen (secondary N) is 1. The summed E-state index contributed by atoms with van der Waals surface area (Å²) in [5, 5.41) is 3.19. The first-order valence-electron chi connectivity index (χ1n) is 11.8. The standard InChI is InChI=1S/C26H32N4O3/c1-26(2,3)33-25(32)30-15-19-13-29(14-20(19)16-30)21-10-18(11-27-12-21)24(31)28-23-9-8-17-6-4-5-7-22(17)23/h4-7,10-12,19-20,23H,8-9,13-16H2,1-3H3,(H,28,31)/t19-,20+,23?. The summed E-state index contributed by atoms with van der Waals surface area (Å²) >= 11 is 0. The molecule has 3 heterocycles. The van der Waals surface area contributed by atoms with Crippen molar-refractivity contribution in [1.82, 2.24) is 15.2 Å². The van der Waals surface area contributed by atoms with Crippen LogP contribution < -0.4 is 10.2 Å². The summed E-state index contributed by atoms with van der Waals surface area (Å²) in [4.78, 5) is 33.9. The van der Waals surface area contributed by atoms with Crippen molar-refractivity contribution < 1.29 is 14.3 Å². The number of pyridine rings is 1. The minimum Gasteiger partial charge on any atom is -0.444 e. The Morgan fingerprint density at radius 2 is 1.79 bits per heavy atom. The molecule has 1 aliphatic carbocycles. The van der Waals surface area contributed by atoms with Crippen LogP contribution in [0, 0.1) is 11.8 Å². The van der Waals surface area contributed by atoms with Gasteiger partial charge in [-0.25, -0.2) is 4.79 Å². The molecule has 1 aromatic carbocycles. The van der Waals surface area contributed by atoms with E-state index < -0.39 is 5.60 Å². The predicted octanol–water partition coefficient (Wildman–Crippen LogP) is 3.80. The van der Waals surface area contributed by atoms with E-state index >= 15 is 0 Å². The summed E-state index contributed by atoms with van der Waals surface area (Å²) in [5.74, 6) is 0.733. The molecule has 2 aliphatic heterocycles. The minimum atomic E-state index is -0.478. The maximum absolute atomic E-state index is 13.0. The van der Waals surface area contributed by atoms with Crippen LogP contribution in [0.1, 0.15) is 54.7 Å². The van der Waals surface area contributed by atoms with Gasteiger partial charge in [0, 0.05) is 44.2 Å². The highest BCUT2D eigenvalue weighted by atomic mass is 16.6. The number of likely N-dealkylation sites (tertiary alicyclic amines) is 1. The summed E-state index contributed by atoms with van der Waals surface area (Å²) < 4.78 is 5.54. The lowest BCUT2D eigenvalue weighted by atomic mass is 10.0. The molecular weight excluding hydrogens is 416 g/mol. The number of amides is 2. The van der Waals surface area contributed by atoms with Crippen molar-refractivity contribution >= 4 is 17.7 Å². The molecule has 174 valence electrons. The largest absolute Gasteiger partial charge is 0.444 e. The number of hydrogen-bond donors (Lipinski definition) is 1. The Kier molecular flexibility index (Phi) is 5.51. The number of carbonyl (C=O) groups is 2. The van der Waals surface area contributed by atoms with Gasteiger partial charge in [0.2, 0.25) is 0 Å². The van der Waals surface area contributed by atoms with Gasteiger partial charge in [-0.2, -0.15) is 0 Å². The molecule has 7 heteroatoms. The second kappa shape index (κ2) is 8.36. The van der Waals surface area contributed by atoms with E-state index in [1.807, 2.05) is 44.0 Å². The molecule has 0 radical (unpaired) electrons. The summed E-state index contributed by atoms with van der Waals surface area (Å²) in [7, 11) is 0. The van der Waals surface area contributed by atoms with Crippen molar-refractivity contribution in [3.05, 3.63) is 59.4 Å². The predicted molar refractivity (Wildman–Crippen MR) is 126 cm³/mol. The van der Waals surface area contributed by atoms with Crippen LogP contribution in [-0.4, -0.2) is 53.7 Å². The van der Waals surface area contributed by atoms with Gasteiger partial charge in [0.25, 0.3) is 5.91 Å². The number of ether oxygens (including phenoxy) is 1. The fraction of sp³-hybridized carbons (Fsp3) is 0.500. The third-order valence-electron chi connectivity index (χ3n) is 6.93. The molecule has 0 saturated carbocycles. The SMILES string of the molecule is CC(C)(C)OC(=O)N1C[C@@H]2CN(c3cncc(C(=O)NC4CCc5ccccc54)c3)C[C@@H]2C1. The van der Waals surface area contributed by atoms with E-state index in [4.69, 9.17) is 4.74 Å². The fourth-order valence-electron chi connectivity index (χ4n) is 5.35. The Bertz CT molecular complexity index is 1050. The van der Waals surface area contributed by atoms with Crippen LogP contribution in [0.2, 0.25) is 0 Å². The average molecular weight is 449 g/mol. The topological polar surface area (TPSA) is 74.8 Å². The first-order valence-corrected chi connectivity index (χ1v) is 11.8. The molecular formula is C26H32N4O3. The number of anilines is 1. The van der Waals surface area contributed by atoms with Crippen molar-refractivity contribution in [3.63, 3.8) is 0 Å². The lowest BCUT2D eigenvalue weighted by Gasteiger charge is -2.26. The van der Waals surface area contributed by atoms with E-state index in [2.05, 4.69) is 33.4 Å². The number of benzene rings is 1. The van der Waals surface area contributed by atoms with Crippen molar-refractivity contribution in [3.8, 4) is 0 Å². The zero-order chi connectivity index (χ0) is 23.2. The molecule has 3 atom stereocenters. The Balaban J connectivity index is 1.21. The van der Waals surface area contributed by atoms with Gasteiger partial charge in [0.1, 0.15) is 5.60 Å². The van der Waals surface area contributed by atoms with Gasteiger partial charge in [-0.05, 0) is 50.8 Å². The van der Waals surface area contributed by atoms with Gasteiger partial charge in [-0.3, -0.25) is 9.78 Å². The highest BCUT2D eigenvalue weighted by Gasteiger charge is 2.43. The summed E-state index contributed by atoms with van der Waals surface area (Å²) in [6.45, 7) is 8.82. The molecule has 7 nitrogen and oxygen atoms in total. The number of aryl methyl sites for hydroxylation is 1. The van der Waals surface area contributed by atoms with Gasteiger partial charge in [0.05, 0.1) is 23.5 Å². The van der Waals surface area contributed by atoms with E-state index in [1.54, 1.807) is 6.20 Å². The van der Waals surface area contributed by atoms with E-state index in [-0.39, 0.29) is 18.0 Å². The number of aromatic nitrogens is 1. The van der Waals surface area contributed by atoms with Gasteiger partial charge in [0.15, 0.2) is 0 Å². The molecule has 1 unspecified atom stereocenters. The van der Waals surface area contributed by atoms with Crippen molar-refractivity contribution in [1.29, 1.82) is 0 Å². The van der Waals surface area contributed by atoms with Gasteiger partial charge >= 0.3 is 6.09 Å².